The van der Waals surface area contributed by atoms with Crippen molar-refractivity contribution in [3.63, 3.8) is 0 Å². The summed E-state index contributed by atoms with van der Waals surface area (Å²) in [5.74, 6) is 1.04. The quantitative estimate of drug-likeness (QED) is 0.868. The van der Waals surface area contributed by atoms with Crippen molar-refractivity contribution >= 4 is 11.3 Å². The van der Waals surface area contributed by atoms with E-state index in [0.29, 0.717) is 6.04 Å². The summed E-state index contributed by atoms with van der Waals surface area (Å²) in [6, 6.07) is 0.605. The van der Waals surface area contributed by atoms with Crippen LogP contribution in [0.25, 0.3) is 0 Å². The average molecular weight is 236 g/mol. The second-order valence-electron chi connectivity index (χ2n) is 5.17. The van der Waals surface area contributed by atoms with E-state index in [1.165, 1.54) is 60.6 Å². The van der Waals surface area contributed by atoms with Gasteiger partial charge >= 0.3 is 0 Å². The predicted molar refractivity (Wildman–Crippen MR) is 67.9 cm³/mol. The lowest BCUT2D eigenvalue weighted by Crippen LogP contribution is -2.25. The van der Waals surface area contributed by atoms with Crippen molar-refractivity contribution in [1.29, 1.82) is 0 Å². The normalized spacial score (nSPS) is 24.4. The van der Waals surface area contributed by atoms with Gasteiger partial charge in [0.1, 0.15) is 0 Å². The van der Waals surface area contributed by atoms with Crippen LogP contribution in [0.4, 0.5) is 0 Å². The van der Waals surface area contributed by atoms with Crippen molar-refractivity contribution in [3.05, 3.63) is 15.6 Å². The Morgan fingerprint density at radius 2 is 2.25 bits per heavy atom. The topological polar surface area (TPSA) is 24.9 Å². The molecule has 2 aliphatic carbocycles. The molecule has 0 aromatic carbocycles. The van der Waals surface area contributed by atoms with Gasteiger partial charge in [0.25, 0.3) is 0 Å². The third-order valence-electron chi connectivity index (χ3n) is 3.70. The van der Waals surface area contributed by atoms with Crippen molar-refractivity contribution in [3.8, 4) is 0 Å². The first-order chi connectivity index (χ1) is 7.83. The minimum atomic E-state index is 0.605. The van der Waals surface area contributed by atoms with Crippen LogP contribution in [-0.4, -0.2) is 11.5 Å². The number of hydrogen-bond acceptors (Lipinski definition) is 3. The molecular formula is C13H20N2S. The number of rotatable bonds is 4. The third kappa shape index (κ3) is 2.30. The van der Waals surface area contributed by atoms with E-state index in [4.69, 9.17) is 0 Å². The molecule has 2 nitrogen and oxygen atoms in total. The van der Waals surface area contributed by atoms with E-state index < -0.39 is 0 Å². The molecule has 16 heavy (non-hydrogen) atoms. The van der Waals surface area contributed by atoms with Crippen molar-refractivity contribution in [1.82, 2.24) is 10.3 Å². The molecule has 2 aliphatic rings. The SMILES string of the molecule is Cc1nc2c(s1)C(NCCC1CC1)CCC2. The van der Waals surface area contributed by atoms with E-state index in [0.717, 1.165) is 5.92 Å². The van der Waals surface area contributed by atoms with Crippen LogP contribution in [-0.2, 0) is 6.42 Å². The molecule has 0 saturated heterocycles. The number of hydrogen-bond donors (Lipinski definition) is 1. The first-order valence-electron chi connectivity index (χ1n) is 6.52. The molecule has 1 unspecified atom stereocenters. The maximum Gasteiger partial charge on any atom is 0.0900 e. The number of aryl methyl sites for hydroxylation is 2. The van der Waals surface area contributed by atoms with E-state index in [1.54, 1.807) is 0 Å². The Morgan fingerprint density at radius 1 is 1.38 bits per heavy atom. The zero-order chi connectivity index (χ0) is 11.0. The molecule has 1 heterocycles. The predicted octanol–water partition coefficient (Wildman–Crippen LogP) is 3.22. The Labute approximate surface area is 101 Å². The second kappa shape index (κ2) is 4.46. The number of aromatic nitrogens is 1. The molecule has 88 valence electrons. The Balaban J connectivity index is 1.61. The summed E-state index contributed by atoms with van der Waals surface area (Å²) in [6.07, 6.45) is 8.12. The van der Waals surface area contributed by atoms with Crippen LogP contribution in [0.5, 0.6) is 0 Å². The molecule has 0 spiro atoms. The van der Waals surface area contributed by atoms with Crippen LogP contribution < -0.4 is 5.32 Å². The standard InChI is InChI=1S/C13H20N2S/c1-9-15-12-4-2-3-11(13(12)16-9)14-8-7-10-5-6-10/h10-11,14H,2-8H2,1H3. The number of nitrogens with zero attached hydrogens (tertiary/aromatic N) is 1. The minimum Gasteiger partial charge on any atom is -0.309 e. The number of thiazole rings is 1. The zero-order valence-electron chi connectivity index (χ0n) is 9.96. The van der Waals surface area contributed by atoms with Gasteiger partial charge in [0.05, 0.1) is 10.7 Å². The summed E-state index contributed by atoms with van der Waals surface area (Å²) >= 11 is 1.90. The lowest BCUT2D eigenvalue weighted by molar-refractivity contribution is 0.453. The summed E-state index contributed by atoms with van der Waals surface area (Å²) in [5.41, 5.74) is 1.37. The van der Waals surface area contributed by atoms with Crippen LogP contribution in [0, 0.1) is 12.8 Å². The molecule has 3 rings (SSSR count). The minimum absolute atomic E-state index is 0.605. The molecule has 1 saturated carbocycles. The summed E-state index contributed by atoms with van der Waals surface area (Å²) in [6.45, 7) is 3.33. The van der Waals surface area contributed by atoms with Gasteiger partial charge < -0.3 is 5.32 Å². The van der Waals surface area contributed by atoms with Crippen LogP contribution in [0.15, 0.2) is 0 Å². The van der Waals surface area contributed by atoms with Gasteiger partial charge in [-0.05, 0) is 45.1 Å². The maximum absolute atomic E-state index is 4.64. The highest BCUT2D eigenvalue weighted by molar-refractivity contribution is 7.11. The summed E-state index contributed by atoms with van der Waals surface area (Å²) in [7, 11) is 0. The van der Waals surface area contributed by atoms with Gasteiger partial charge in [0.2, 0.25) is 0 Å². The maximum atomic E-state index is 4.64. The molecule has 1 fully saturated rings. The van der Waals surface area contributed by atoms with Gasteiger partial charge in [-0.25, -0.2) is 4.98 Å². The Kier molecular flexibility index (Phi) is 2.99. The lowest BCUT2D eigenvalue weighted by atomic mass is 9.98. The second-order valence-corrected chi connectivity index (χ2v) is 6.41. The monoisotopic (exact) mass is 236 g/mol. The van der Waals surface area contributed by atoms with Crippen LogP contribution in [0.1, 0.15) is 53.7 Å². The van der Waals surface area contributed by atoms with Crippen LogP contribution in [0.3, 0.4) is 0 Å². The zero-order valence-corrected chi connectivity index (χ0v) is 10.8. The lowest BCUT2D eigenvalue weighted by Gasteiger charge is -2.22. The van der Waals surface area contributed by atoms with E-state index in [9.17, 15) is 0 Å². The fourth-order valence-electron chi connectivity index (χ4n) is 2.61. The van der Waals surface area contributed by atoms with Crippen molar-refractivity contribution in [2.75, 3.05) is 6.54 Å². The molecule has 1 atom stereocenters. The Bertz CT molecular complexity index is 368. The third-order valence-corrected chi connectivity index (χ3v) is 4.82. The highest BCUT2D eigenvalue weighted by atomic mass is 32.1. The number of nitrogens with one attached hydrogen (secondary N) is 1. The fourth-order valence-corrected chi connectivity index (χ4v) is 3.69. The van der Waals surface area contributed by atoms with E-state index in [2.05, 4.69) is 17.2 Å². The highest BCUT2D eigenvalue weighted by Crippen LogP contribution is 2.35. The molecule has 0 amide bonds. The molecule has 0 bridgehead atoms. The van der Waals surface area contributed by atoms with Gasteiger partial charge in [0.15, 0.2) is 0 Å². The van der Waals surface area contributed by atoms with E-state index in [-0.39, 0.29) is 0 Å². The fraction of sp³-hybridized carbons (Fsp3) is 0.769. The van der Waals surface area contributed by atoms with Crippen LogP contribution >= 0.6 is 11.3 Å². The van der Waals surface area contributed by atoms with Crippen molar-refractivity contribution in [2.24, 2.45) is 5.92 Å². The summed E-state index contributed by atoms with van der Waals surface area (Å²) in [5, 5.41) is 4.97. The van der Waals surface area contributed by atoms with Crippen molar-refractivity contribution < 1.29 is 0 Å². The van der Waals surface area contributed by atoms with Crippen molar-refractivity contribution in [2.45, 2.75) is 51.5 Å². The number of fused-ring (bicyclic) bond motifs is 1. The largest absolute Gasteiger partial charge is 0.309 e. The average Bonchev–Trinajstić information content (AvgIpc) is 2.99. The molecule has 1 N–H and O–H groups in total. The Hall–Kier alpha value is -0.410. The van der Waals surface area contributed by atoms with Gasteiger partial charge in [-0.15, -0.1) is 11.3 Å². The molecule has 0 radical (unpaired) electrons. The summed E-state index contributed by atoms with van der Waals surface area (Å²) in [4.78, 5) is 6.16. The molecule has 1 aromatic rings. The molecule has 1 aromatic heterocycles. The smallest absolute Gasteiger partial charge is 0.0900 e. The first-order valence-corrected chi connectivity index (χ1v) is 7.34. The first kappa shape index (κ1) is 10.7. The molecular weight excluding hydrogens is 216 g/mol. The van der Waals surface area contributed by atoms with E-state index >= 15 is 0 Å². The highest BCUT2D eigenvalue weighted by Gasteiger charge is 2.25. The molecule has 0 aliphatic heterocycles. The summed E-state index contributed by atoms with van der Waals surface area (Å²) < 4.78 is 0. The van der Waals surface area contributed by atoms with E-state index in [1.807, 2.05) is 11.3 Å². The van der Waals surface area contributed by atoms with Gasteiger partial charge in [0, 0.05) is 10.9 Å². The molecule has 3 heteroatoms. The van der Waals surface area contributed by atoms with Gasteiger partial charge in [-0.3, -0.25) is 0 Å². The van der Waals surface area contributed by atoms with Gasteiger partial charge in [-0.1, -0.05) is 12.8 Å². The van der Waals surface area contributed by atoms with Crippen LogP contribution in [0.2, 0.25) is 0 Å². The Morgan fingerprint density at radius 3 is 3.06 bits per heavy atom. The van der Waals surface area contributed by atoms with Gasteiger partial charge in [-0.2, -0.15) is 0 Å².